The van der Waals surface area contributed by atoms with E-state index in [1.165, 1.54) is 17.8 Å². The van der Waals surface area contributed by atoms with Crippen LogP contribution in [-0.2, 0) is 7.05 Å². The lowest BCUT2D eigenvalue weighted by Crippen LogP contribution is -2.39. The predicted octanol–water partition coefficient (Wildman–Crippen LogP) is 3.95. The fourth-order valence-electron chi connectivity index (χ4n) is 4.03. The second-order valence-corrected chi connectivity index (χ2v) is 7.93. The first kappa shape index (κ1) is 20.6. The molecular weight excluding hydrogens is 394 g/mol. The first-order valence-corrected chi connectivity index (χ1v) is 10.3. The molecule has 1 aliphatic heterocycles. The van der Waals surface area contributed by atoms with Gasteiger partial charge in [-0.2, -0.15) is 0 Å². The fraction of sp³-hybridized carbons (Fsp3) is 0.304. The van der Waals surface area contributed by atoms with Gasteiger partial charge in [-0.25, -0.2) is 4.98 Å². The zero-order valence-corrected chi connectivity index (χ0v) is 17.6. The van der Waals surface area contributed by atoms with Crippen LogP contribution in [0.15, 0.2) is 54.9 Å². The minimum Gasteiger partial charge on any atom is -0.382 e. The summed E-state index contributed by atoms with van der Waals surface area (Å²) in [5.41, 5.74) is 3.07. The van der Waals surface area contributed by atoms with Gasteiger partial charge in [0.05, 0.1) is 4.92 Å². The number of nitrogens with one attached hydrogen (secondary N) is 1. The number of nitrogens with zero attached hydrogens (tertiary/aromatic N) is 4. The summed E-state index contributed by atoms with van der Waals surface area (Å²) in [6.45, 7) is 3.48. The minimum atomic E-state index is -0.415. The van der Waals surface area contributed by atoms with Gasteiger partial charge in [0, 0.05) is 55.9 Å². The van der Waals surface area contributed by atoms with E-state index in [1.807, 2.05) is 11.0 Å². The average Bonchev–Trinajstić information content (AvgIpc) is 3.19. The van der Waals surface area contributed by atoms with E-state index in [2.05, 4.69) is 35.4 Å². The molecule has 1 aromatic heterocycles. The van der Waals surface area contributed by atoms with Gasteiger partial charge in [0.2, 0.25) is 5.78 Å². The molecule has 160 valence electrons. The summed E-state index contributed by atoms with van der Waals surface area (Å²) in [5, 5.41) is 15.3. The third-order valence-corrected chi connectivity index (χ3v) is 5.68. The molecule has 0 amide bonds. The van der Waals surface area contributed by atoms with Gasteiger partial charge in [-0.3, -0.25) is 14.9 Å². The Morgan fingerprint density at radius 1 is 1.19 bits per heavy atom. The molecular formula is C23H25N5O3. The normalized spacial score (nSPS) is 14.5. The van der Waals surface area contributed by atoms with Crippen molar-refractivity contribution in [1.29, 1.82) is 0 Å². The van der Waals surface area contributed by atoms with Gasteiger partial charge in [-0.15, -0.1) is 0 Å². The maximum Gasteiger partial charge on any atom is 0.293 e. The van der Waals surface area contributed by atoms with Crippen LogP contribution >= 0.6 is 0 Å². The lowest BCUT2D eigenvalue weighted by atomic mass is 10.0. The second kappa shape index (κ2) is 8.59. The third kappa shape index (κ3) is 4.42. The Kier molecular flexibility index (Phi) is 5.70. The molecule has 1 N–H and O–H groups in total. The lowest BCUT2D eigenvalue weighted by Gasteiger charge is -2.34. The van der Waals surface area contributed by atoms with E-state index in [0.29, 0.717) is 24.8 Å². The van der Waals surface area contributed by atoms with Crippen molar-refractivity contribution in [3.8, 4) is 0 Å². The highest BCUT2D eigenvalue weighted by Crippen LogP contribution is 2.32. The molecule has 4 rings (SSSR count). The SMILES string of the molecule is Cc1cccc(NC2CCN(c3ccc(C(=O)c4nccn4C)cc3[N+](=O)[O-])CC2)c1. The highest BCUT2D eigenvalue weighted by Gasteiger charge is 2.27. The van der Waals surface area contributed by atoms with Gasteiger partial charge < -0.3 is 14.8 Å². The Labute approximate surface area is 180 Å². The van der Waals surface area contributed by atoms with Gasteiger partial charge in [-0.05, 0) is 49.6 Å². The first-order valence-electron chi connectivity index (χ1n) is 10.3. The Morgan fingerprint density at radius 3 is 2.61 bits per heavy atom. The predicted molar refractivity (Wildman–Crippen MR) is 120 cm³/mol. The van der Waals surface area contributed by atoms with Crippen LogP contribution < -0.4 is 10.2 Å². The monoisotopic (exact) mass is 419 g/mol. The Bertz CT molecular complexity index is 1120. The molecule has 31 heavy (non-hydrogen) atoms. The number of imidazole rings is 1. The van der Waals surface area contributed by atoms with Crippen LogP contribution in [0, 0.1) is 17.0 Å². The van der Waals surface area contributed by atoms with Gasteiger partial charge >= 0.3 is 0 Å². The van der Waals surface area contributed by atoms with Crippen LogP contribution in [0.1, 0.15) is 34.6 Å². The van der Waals surface area contributed by atoms with E-state index in [1.54, 1.807) is 29.9 Å². The molecule has 2 aromatic carbocycles. The number of anilines is 2. The van der Waals surface area contributed by atoms with Crippen molar-refractivity contribution in [3.05, 3.63) is 81.9 Å². The zero-order chi connectivity index (χ0) is 22.0. The largest absolute Gasteiger partial charge is 0.382 e. The molecule has 0 unspecified atom stereocenters. The molecule has 0 saturated carbocycles. The Balaban J connectivity index is 1.49. The van der Waals surface area contributed by atoms with E-state index in [-0.39, 0.29) is 22.9 Å². The smallest absolute Gasteiger partial charge is 0.293 e. The maximum atomic E-state index is 12.7. The van der Waals surface area contributed by atoms with Gasteiger partial charge in [0.1, 0.15) is 5.69 Å². The van der Waals surface area contributed by atoms with Crippen molar-refractivity contribution in [2.45, 2.75) is 25.8 Å². The summed E-state index contributed by atoms with van der Waals surface area (Å²) >= 11 is 0. The number of ketones is 1. The number of carbonyl (C=O) groups is 1. The molecule has 1 fully saturated rings. The molecule has 1 aliphatic rings. The van der Waals surface area contributed by atoms with Crippen molar-refractivity contribution in [3.63, 3.8) is 0 Å². The number of hydrogen-bond donors (Lipinski definition) is 1. The molecule has 0 aliphatic carbocycles. The van der Waals surface area contributed by atoms with Crippen molar-refractivity contribution in [2.75, 3.05) is 23.3 Å². The zero-order valence-electron chi connectivity index (χ0n) is 17.6. The quantitative estimate of drug-likeness (QED) is 0.369. The van der Waals surface area contributed by atoms with Gasteiger partial charge in [0.15, 0.2) is 5.82 Å². The highest BCUT2D eigenvalue weighted by atomic mass is 16.6. The van der Waals surface area contributed by atoms with Gasteiger partial charge in [-0.1, -0.05) is 12.1 Å². The van der Waals surface area contributed by atoms with Crippen LogP contribution in [0.25, 0.3) is 0 Å². The van der Waals surface area contributed by atoms with E-state index >= 15 is 0 Å². The van der Waals surface area contributed by atoms with Crippen LogP contribution in [0.4, 0.5) is 17.1 Å². The summed E-state index contributed by atoms with van der Waals surface area (Å²) < 4.78 is 1.61. The summed E-state index contributed by atoms with van der Waals surface area (Å²) in [5.74, 6) is -0.0756. The fourth-order valence-corrected chi connectivity index (χ4v) is 4.03. The minimum absolute atomic E-state index is 0.0508. The second-order valence-electron chi connectivity index (χ2n) is 7.93. The van der Waals surface area contributed by atoms with Crippen LogP contribution in [0.2, 0.25) is 0 Å². The Hall–Kier alpha value is -3.68. The molecule has 8 nitrogen and oxygen atoms in total. The number of nitro benzene ring substituents is 1. The first-order chi connectivity index (χ1) is 14.9. The summed E-state index contributed by atoms with van der Waals surface area (Å²) in [4.78, 5) is 30.1. The van der Waals surface area contributed by atoms with Crippen molar-refractivity contribution in [1.82, 2.24) is 9.55 Å². The highest BCUT2D eigenvalue weighted by molar-refractivity contribution is 6.07. The van der Waals surface area contributed by atoms with E-state index < -0.39 is 4.92 Å². The molecule has 0 atom stereocenters. The molecule has 2 heterocycles. The number of aryl methyl sites for hydroxylation is 2. The third-order valence-electron chi connectivity index (χ3n) is 5.68. The Morgan fingerprint density at radius 2 is 1.97 bits per heavy atom. The van der Waals surface area contributed by atoms with E-state index in [4.69, 9.17) is 0 Å². The summed E-state index contributed by atoms with van der Waals surface area (Å²) in [7, 11) is 1.72. The number of piperidine rings is 1. The van der Waals surface area contributed by atoms with Crippen molar-refractivity contribution in [2.24, 2.45) is 7.05 Å². The number of benzene rings is 2. The van der Waals surface area contributed by atoms with Crippen LogP contribution in [0.5, 0.6) is 0 Å². The molecule has 8 heteroatoms. The molecule has 1 saturated heterocycles. The standard InChI is InChI=1S/C23H25N5O3/c1-16-4-3-5-19(14-16)25-18-8-11-27(12-9-18)20-7-6-17(15-21(20)28(30)31)22(29)23-24-10-13-26(23)2/h3-7,10,13-15,18,25H,8-9,11-12H2,1-2H3. The molecule has 0 bridgehead atoms. The summed E-state index contributed by atoms with van der Waals surface area (Å²) in [6, 6.07) is 13.3. The van der Waals surface area contributed by atoms with Crippen LogP contribution in [-0.4, -0.2) is 39.4 Å². The number of carbonyl (C=O) groups excluding carboxylic acids is 1. The average molecular weight is 419 g/mol. The number of nitro groups is 1. The van der Waals surface area contributed by atoms with Crippen molar-refractivity contribution >= 4 is 22.8 Å². The topological polar surface area (TPSA) is 93.3 Å². The number of rotatable bonds is 6. The molecule has 0 spiro atoms. The summed E-state index contributed by atoms with van der Waals surface area (Å²) in [6.07, 6.45) is 4.95. The molecule has 3 aromatic rings. The maximum absolute atomic E-state index is 12.7. The number of aromatic nitrogens is 2. The lowest BCUT2D eigenvalue weighted by molar-refractivity contribution is -0.384. The molecule has 0 radical (unpaired) electrons. The van der Waals surface area contributed by atoms with Crippen molar-refractivity contribution < 1.29 is 9.72 Å². The van der Waals surface area contributed by atoms with Crippen LogP contribution in [0.3, 0.4) is 0 Å². The van der Waals surface area contributed by atoms with E-state index in [0.717, 1.165) is 18.5 Å². The van der Waals surface area contributed by atoms with E-state index in [9.17, 15) is 14.9 Å². The number of hydrogen-bond acceptors (Lipinski definition) is 6. The van der Waals surface area contributed by atoms with Gasteiger partial charge in [0.25, 0.3) is 5.69 Å².